The zero-order valence-corrected chi connectivity index (χ0v) is 14.8. The number of aliphatic carboxylic acids is 2. The van der Waals surface area contributed by atoms with E-state index < -0.39 is 41.1 Å². The molecule has 140 valence electrons. The number of thioether (sulfide) groups is 1. The number of hydrogen-bond acceptors (Lipinski definition) is 5. The van der Waals surface area contributed by atoms with Crippen molar-refractivity contribution in [1.29, 1.82) is 0 Å². The molecule has 1 aromatic rings. The molecule has 8 nitrogen and oxygen atoms in total. The molecule has 9 heteroatoms. The van der Waals surface area contributed by atoms with Crippen LogP contribution < -0.4 is 5.32 Å². The van der Waals surface area contributed by atoms with Crippen molar-refractivity contribution >= 4 is 35.5 Å². The molecule has 1 saturated heterocycles. The number of benzene rings is 1. The van der Waals surface area contributed by atoms with E-state index in [0.717, 1.165) is 4.90 Å². The third kappa shape index (κ3) is 3.21. The highest BCUT2D eigenvalue weighted by Gasteiger charge is 2.54. The van der Waals surface area contributed by atoms with Crippen LogP contribution in [0.25, 0.3) is 0 Å². The van der Waals surface area contributed by atoms with Crippen LogP contribution in [0.4, 0.5) is 0 Å². The molecular weight excluding hydrogens is 372 g/mol. The molecule has 2 heterocycles. The Labute approximate surface area is 158 Å². The van der Waals surface area contributed by atoms with E-state index in [-0.39, 0.29) is 5.70 Å². The number of nitrogens with zero attached hydrogens (tertiary/aromatic N) is 1. The van der Waals surface area contributed by atoms with Crippen LogP contribution in [0.15, 0.2) is 54.3 Å². The first-order valence-corrected chi connectivity index (χ1v) is 9.03. The Bertz CT molecular complexity index is 866. The van der Waals surface area contributed by atoms with Crippen LogP contribution in [0.2, 0.25) is 0 Å². The largest absolute Gasteiger partial charge is 0.480 e. The minimum absolute atomic E-state index is 0.151. The number of allylic oxidation sites excluding steroid dienone is 1. The fraction of sp³-hybridized carbons (Fsp3) is 0.222. The molecule has 3 atom stereocenters. The van der Waals surface area contributed by atoms with E-state index >= 15 is 0 Å². The average molecular weight is 388 g/mol. The van der Waals surface area contributed by atoms with Crippen molar-refractivity contribution in [1.82, 2.24) is 10.2 Å². The predicted molar refractivity (Wildman–Crippen MR) is 96.7 cm³/mol. The summed E-state index contributed by atoms with van der Waals surface area (Å²) in [6.07, 6.45) is 1.39. The number of fused-ring (bicyclic) bond motifs is 1. The van der Waals surface area contributed by atoms with Gasteiger partial charge in [0.05, 0.1) is 0 Å². The molecule has 1 fully saturated rings. The second-order valence-electron chi connectivity index (χ2n) is 5.96. The van der Waals surface area contributed by atoms with Crippen molar-refractivity contribution in [3.63, 3.8) is 0 Å². The van der Waals surface area contributed by atoms with Gasteiger partial charge in [0.25, 0.3) is 5.91 Å². The van der Waals surface area contributed by atoms with Gasteiger partial charge in [0.15, 0.2) is 5.92 Å². The normalized spacial score (nSPS) is 22.4. The summed E-state index contributed by atoms with van der Waals surface area (Å²) in [5.41, 5.74) is 0.569. The van der Waals surface area contributed by atoms with Crippen molar-refractivity contribution in [2.75, 3.05) is 5.75 Å². The second-order valence-corrected chi connectivity index (χ2v) is 7.07. The first kappa shape index (κ1) is 18.7. The van der Waals surface area contributed by atoms with Gasteiger partial charge in [-0.2, -0.15) is 0 Å². The monoisotopic (exact) mass is 388 g/mol. The third-order valence-electron chi connectivity index (χ3n) is 4.39. The van der Waals surface area contributed by atoms with Crippen molar-refractivity contribution in [2.24, 2.45) is 0 Å². The van der Waals surface area contributed by atoms with Gasteiger partial charge in [0.2, 0.25) is 5.91 Å². The number of hydrogen-bond donors (Lipinski definition) is 3. The number of nitrogens with one attached hydrogen (secondary N) is 1. The molecule has 0 bridgehead atoms. The molecule has 3 N–H and O–H groups in total. The van der Waals surface area contributed by atoms with Gasteiger partial charge in [-0.25, -0.2) is 4.79 Å². The summed E-state index contributed by atoms with van der Waals surface area (Å²) in [5, 5.41) is 20.7. The fourth-order valence-electron chi connectivity index (χ4n) is 3.09. The van der Waals surface area contributed by atoms with Gasteiger partial charge in [0, 0.05) is 5.75 Å². The Morgan fingerprint density at radius 3 is 2.48 bits per heavy atom. The van der Waals surface area contributed by atoms with Gasteiger partial charge in [-0.3, -0.25) is 19.3 Å². The highest BCUT2D eigenvalue weighted by Crippen LogP contribution is 2.40. The molecule has 0 radical (unpaired) electrons. The van der Waals surface area contributed by atoms with E-state index in [2.05, 4.69) is 11.9 Å². The minimum Gasteiger partial charge on any atom is -0.480 e. The Kier molecular flexibility index (Phi) is 5.04. The van der Waals surface area contributed by atoms with Crippen LogP contribution >= 0.6 is 11.8 Å². The van der Waals surface area contributed by atoms with Crippen LogP contribution in [0.1, 0.15) is 11.5 Å². The lowest BCUT2D eigenvalue weighted by atomic mass is 9.96. The summed E-state index contributed by atoms with van der Waals surface area (Å²) < 4.78 is 0. The average Bonchev–Trinajstić information content (AvgIpc) is 2.65. The summed E-state index contributed by atoms with van der Waals surface area (Å²) in [5.74, 6) is -5.12. The smallest absolute Gasteiger partial charge is 0.352 e. The topological polar surface area (TPSA) is 124 Å². The molecule has 2 aliphatic heterocycles. The first-order chi connectivity index (χ1) is 12.9. The lowest BCUT2D eigenvalue weighted by molar-refractivity contribution is -0.152. The lowest BCUT2D eigenvalue weighted by Gasteiger charge is -2.49. The number of carbonyl (C=O) groups is 4. The zero-order chi connectivity index (χ0) is 19.7. The minimum atomic E-state index is -1.46. The van der Waals surface area contributed by atoms with E-state index in [1.54, 1.807) is 18.2 Å². The van der Waals surface area contributed by atoms with Gasteiger partial charge < -0.3 is 15.5 Å². The number of rotatable bonds is 6. The quantitative estimate of drug-likeness (QED) is 0.486. The summed E-state index contributed by atoms with van der Waals surface area (Å²) in [7, 11) is 0. The first-order valence-electron chi connectivity index (χ1n) is 7.98. The fourth-order valence-corrected chi connectivity index (χ4v) is 4.43. The highest BCUT2D eigenvalue weighted by molar-refractivity contribution is 8.00. The van der Waals surface area contributed by atoms with Crippen molar-refractivity contribution in [2.45, 2.75) is 17.3 Å². The molecule has 0 saturated carbocycles. The van der Waals surface area contributed by atoms with Gasteiger partial charge >= 0.3 is 11.9 Å². The van der Waals surface area contributed by atoms with Crippen molar-refractivity contribution < 1.29 is 29.4 Å². The van der Waals surface area contributed by atoms with Crippen LogP contribution in [0, 0.1) is 0 Å². The standard InChI is InChI=1S/C18H16N2O6S/c1-2-9-8-27-16-12(15(22)20(16)13(9)18(25)26)19-14(21)11(17(23)24)10-6-4-3-5-7-10/h2-7,11-12,16H,1,8H2,(H,19,21)(H,23,24)(H,25,26)/t11?,12-,16+/m1/s1. The number of carboxylic acid groups (broad SMARTS) is 2. The SMILES string of the molecule is C=CC1=C(C(=O)O)N2C(=O)[C@@H](NC(=O)C(C(=O)O)c3ccccc3)[C@@H]2SC1. The van der Waals surface area contributed by atoms with E-state index in [1.807, 2.05) is 0 Å². The van der Waals surface area contributed by atoms with Crippen LogP contribution in [0.5, 0.6) is 0 Å². The number of β-lactam (4-membered cyclic amide) rings is 1. The molecular formula is C18H16N2O6S. The van der Waals surface area contributed by atoms with Crippen LogP contribution in [0.3, 0.4) is 0 Å². The van der Waals surface area contributed by atoms with E-state index in [0.29, 0.717) is 16.9 Å². The molecule has 1 aromatic carbocycles. The molecule has 0 spiro atoms. The number of amides is 2. The van der Waals surface area contributed by atoms with Gasteiger partial charge in [0.1, 0.15) is 17.1 Å². The molecule has 1 unspecified atom stereocenters. The van der Waals surface area contributed by atoms with Gasteiger partial charge in [-0.1, -0.05) is 43.0 Å². The lowest BCUT2D eigenvalue weighted by Crippen LogP contribution is -2.71. The maximum atomic E-state index is 12.5. The Morgan fingerprint density at radius 1 is 1.26 bits per heavy atom. The predicted octanol–water partition coefficient (Wildman–Crippen LogP) is 0.779. The maximum absolute atomic E-state index is 12.5. The molecule has 3 rings (SSSR count). The summed E-state index contributed by atoms with van der Waals surface area (Å²) in [6.45, 7) is 3.56. The molecule has 0 aliphatic carbocycles. The zero-order valence-electron chi connectivity index (χ0n) is 14.0. The maximum Gasteiger partial charge on any atom is 0.352 e. The van der Waals surface area contributed by atoms with Crippen LogP contribution in [-0.2, 0) is 19.2 Å². The van der Waals surface area contributed by atoms with E-state index in [9.17, 15) is 29.4 Å². The Hall–Kier alpha value is -3.07. The number of carboxylic acids is 2. The number of carbonyl (C=O) groups excluding carboxylic acids is 2. The van der Waals surface area contributed by atoms with Gasteiger partial charge in [-0.15, -0.1) is 11.8 Å². The van der Waals surface area contributed by atoms with Crippen molar-refractivity contribution in [3.05, 3.63) is 59.8 Å². The molecule has 2 amide bonds. The Morgan fingerprint density at radius 2 is 1.93 bits per heavy atom. The highest BCUT2D eigenvalue weighted by atomic mass is 32.2. The van der Waals surface area contributed by atoms with E-state index in [4.69, 9.17) is 0 Å². The Balaban J connectivity index is 1.80. The molecule has 27 heavy (non-hydrogen) atoms. The summed E-state index contributed by atoms with van der Waals surface area (Å²) >= 11 is 1.29. The second kappa shape index (κ2) is 7.28. The molecule has 0 aromatic heterocycles. The summed E-state index contributed by atoms with van der Waals surface area (Å²) in [6, 6.07) is 6.99. The van der Waals surface area contributed by atoms with E-state index in [1.165, 1.54) is 30.0 Å². The van der Waals surface area contributed by atoms with Gasteiger partial charge in [-0.05, 0) is 11.1 Å². The molecule has 2 aliphatic rings. The summed E-state index contributed by atoms with van der Waals surface area (Å²) in [4.78, 5) is 49.1. The van der Waals surface area contributed by atoms with Crippen molar-refractivity contribution in [3.8, 4) is 0 Å². The third-order valence-corrected chi connectivity index (χ3v) is 5.69. The van der Waals surface area contributed by atoms with Crippen LogP contribution in [-0.4, -0.2) is 56.0 Å².